The molecule has 114 valence electrons. The molecule has 1 aromatic carbocycles. The number of likely N-dealkylation sites (N-methyl/N-ethyl adjacent to an activating group) is 2. The molecule has 1 aliphatic rings. The number of amides is 2. The minimum atomic E-state index is -0.122. The lowest BCUT2D eigenvalue weighted by Gasteiger charge is -2.24. The molecule has 21 heavy (non-hydrogen) atoms. The van der Waals surface area contributed by atoms with Gasteiger partial charge in [-0.05, 0) is 25.1 Å². The first-order valence-corrected chi connectivity index (χ1v) is 7.14. The van der Waals surface area contributed by atoms with Gasteiger partial charge in [-0.1, -0.05) is 0 Å². The van der Waals surface area contributed by atoms with Crippen LogP contribution in [0.1, 0.15) is 17.3 Å². The monoisotopic (exact) mass is 290 g/mol. The highest BCUT2D eigenvalue weighted by Crippen LogP contribution is 2.25. The summed E-state index contributed by atoms with van der Waals surface area (Å²) >= 11 is 0. The van der Waals surface area contributed by atoms with Crippen molar-refractivity contribution in [3.8, 4) is 0 Å². The Morgan fingerprint density at radius 2 is 1.81 bits per heavy atom. The number of carbonyl (C=O) groups is 2. The van der Waals surface area contributed by atoms with Gasteiger partial charge in [-0.3, -0.25) is 9.59 Å². The van der Waals surface area contributed by atoms with Crippen LogP contribution in [-0.4, -0.2) is 61.9 Å². The Balaban J connectivity index is 2.15. The molecule has 0 radical (unpaired) electrons. The highest BCUT2D eigenvalue weighted by molar-refractivity contribution is 5.98. The van der Waals surface area contributed by atoms with Crippen molar-refractivity contribution in [3.05, 3.63) is 23.8 Å². The molecular weight excluding hydrogens is 268 g/mol. The van der Waals surface area contributed by atoms with Gasteiger partial charge in [0.05, 0.1) is 17.9 Å². The second-order valence-electron chi connectivity index (χ2n) is 5.22. The topological polar surface area (TPSA) is 64.7 Å². The Morgan fingerprint density at radius 3 is 2.43 bits per heavy atom. The average molecular weight is 290 g/mol. The number of nitrogens with zero attached hydrogens (tertiary/aromatic N) is 2. The Kier molecular flexibility index (Phi) is 4.67. The normalized spacial score (nSPS) is 12.7. The number of carbonyl (C=O) groups excluding carboxylic acids is 2. The molecule has 1 heterocycles. The third kappa shape index (κ3) is 3.45. The Hall–Kier alpha value is -2.24. The van der Waals surface area contributed by atoms with Crippen molar-refractivity contribution in [2.24, 2.45) is 0 Å². The van der Waals surface area contributed by atoms with Crippen molar-refractivity contribution in [1.82, 2.24) is 9.80 Å². The number of hydrogen-bond acceptors (Lipinski definition) is 4. The SMILES string of the molecule is CCN(CC(=O)N(C)C)C(=O)c1ccc2c(c1)NCCN2. The summed E-state index contributed by atoms with van der Waals surface area (Å²) in [5.74, 6) is -0.203. The van der Waals surface area contributed by atoms with Crippen molar-refractivity contribution >= 4 is 23.2 Å². The summed E-state index contributed by atoms with van der Waals surface area (Å²) < 4.78 is 0. The molecule has 0 bridgehead atoms. The molecule has 6 nitrogen and oxygen atoms in total. The maximum Gasteiger partial charge on any atom is 0.254 e. The van der Waals surface area contributed by atoms with Gasteiger partial charge in [-0.25, -0.2) is 0 Å². The molecule has 2 amide bonds. The van der Waals surface area contributed by atoms with Crippen molar-refractivity contribution in [1.29, 1.82) is 0 Å². The van der Waals surface area contributed by atoms with Gasteiger partial charge in [0.25, 0.3) is 5.91 Å². The van der Waals surface area contributed by atoms with E-state index in [9.17, 15) is 9.59 Å². The first kappa shape index (κ1) is 15.2. The molecule has 6 heteroatoms. The van der Waals surface area contributed by atoms with E-state index in [-0.39, 0.29) is 18.4 Å². The van der Waals surface area contributed by atoms with Gasteiger partial charge >= 0.3 is 0 Å². The predicted octanol–water partition coefficient (Wildman–Crippen LogP) is 1.07. The smallest absolute Gasteiger partial charge is 0.254 e. The van der Waals surface area contributed by atoms with Gasteiger partial charge < -0.3 is 20.4 Å². The lowest BCUT2D eigenvalue weighted by Crippen LogP contribution is -2.40. The number of anilines is 2. The zero-order valence-electron chi connectivity index (χ0n) is 12.8. The fourth-order valence-corrected chi connectivity index (χ4v) is 2.19. The highest BCUT2D eigenvalue weighted by atomic mass is 16.2. The minimum Gasteiger partial charge on any atom is -0.382 e. The van der Waals surface area contributed by atoms with E-state index in [1.807, 2.05) is 19.1 Å². The first-order chi connectivity index (χ1) is 10.0. The van der Waals surface area contributed by atoms with E-state index in [4.69, 9.17) is 0 Å². The van der Waals surface area contributed by atoms with Crippen LogP contribution in [0.15, 0.2) is 18.2 Å². The van der Waals surface area contributed by atoms with E-state index < -0.39 is 0 Å². The molecule has 0 aliphatic carbocycles. The average Bonchev–Trinajstić information content (AvgIpc) is 2.51. The van der Waals surface area contributed by atoms with Crippen LogP contribution in [0, 0.1) is 0 Å². The Bertz CT molecular complexity index is 542. The predicted molar refractivity (Wildman–Crippen MR) is 83.7 cm³/mol. The van der Waals surface area contributed by atoms with Gasteiger partial charge in [0.15, 0.2) is 0 Å². The zero-order chi connectivity index (χ0) is 15.4. The summed E-state index contributed by atoms with van der Waals surface area (Å²) in [6.07, 6.45) is 0. The largest absolute Gasteiger partial charge is 0.382 e. The van der Waals surface area contributed by atoms with Crippen LogP contribution < -0.4 is 10.6 Å². The van der Waals surface area contributed by atoms with Gasteiger partial charge in [0.2, 0.25) is 5.91 Å². The fourth-order valence-electron chi connectivity index (χ4n) is 2.19. The van der Waals surface area contributed by atoms with Crippen LogP contribution in [0.25, 0.3) is 0 Å². The molecule has 0 unspecified atom stereocenters. The van der Waals surface area contributed by atoms with Crippen molar-refractivity contribution in [2.75, 3.05) is 50.9 Å². The zero-order valence-corrected chi connectivity index (χ0v) is 12.8. The molecule has 1 aromatic rings. The maximum absolute atomic E-state index is 12.5. The molecule has 0 saturated heterocycles. The van der Waals surface area contributed by atoms with E-state index >= 15 is 0 Å². The molecule has 0 atom stereocenters. The number of hydrogen-bond donors (Lipinski definition) is 2. The summed E-state index contributed by atoms with van der Waals surface area (Å²) in [7, 11) is 3.38. The Morgan fingerprint density at radius 1 is 1.14 bits per heavy atom. The van der Waals surface area contributed by atoms with Crippen molar-refractivity contribution in [2.45, 2.75) is 6.92 Å². The quantitative estimate of drug-likeness (QED) is 0.871. The van der Waals surface area contributed by atoms with Crippen LogP contribution in [0.2, 0.25) is 0 Å². The third-order valence-electron chi connectivity index (χ3n) is 3.52. The fraction of sp³-hybridized carbons (Fsp3) is 0.467. The van der Waals surface area contributed by atoms with E-state index in [2.05, 4.69) is 10.6 Å². The van der Waals surface area contributed by atoms with Crippen LogP contribution in [0.5, 0.6) is 0 Å². The highest BCUT2D eigenvalue weighted by Gasteiger charge is 2.19. The van der Waals surface area contributed by atoms with Gasteiger partial charge in [-0.15, -0.1) is 0 Å². The van der Waals surface area contributed by atoms with Crippen molar-refractivity contribution < 1.29 is 9.59 Å². The van der Waals surface area contributed by atoms with Gasteiger partial charge in [-0.2, -0.15) is 0 Å². The number of fused-ring (bicyclic) bond motifs is 1. The lowest BCUT2D eigenvalue weighted by molar-refractivity contribution is -0.129. The van der Waals surface area contributed by atoms with E-state index in [1.165, 1.54) is 4.90 Å². The summed E-state index contributed by atoms with van der Waals surface area (Å²) in [4.78, 5) is 27.4. The summed E-state index contributed by atoms with van der Waals surface area (Å²) in [6.45, 7) is 4.19. The van der Waals surface area contributed by atoms with Crippen molar-refractivity contribution in [3.63, 3.8) is 0 Å². The minimum absolute atomic E-state index is 0.0806. The molecule has 0 saturated carbocycles. The molecule has 0 spiro atoms. The maximum atomic E-state index is 12.5. The van der Waals surface area contributed by atoms with Crippen LogP contribution in [0.4, 0.5) is 11.4 Å². The van der Waals surface area contributed by atoms with Crippen LogP contribution in [0.3, 0.4) is 0 Å². The van der Waals surface area contributed by atoms with Gasteiger partial charge in [0.1, 0.15) is 0 Å². The molecular formula is C15H22N4O2. The summed E-state index contributed by atoms with van der Waals surface area (Å²) in [5, 5.41) is 6.54. The van der Waals surface area contributed by atoms with Crippen LogP contribution in [-0.2, 0) is 4.79 Å². The summed E-state index contributed by atoms with van der Waals surface area (Å²) in [6, 6.07) is 5.53. The second-order valence-corrected chi connectivity index (χ2v) is 5.22. The van der Waals surface area contributed by atoms with E-state index in [1.54, 1.807) is 25.1 Å². The lowest BCUT2D eigenvalue weighted by atomic mass is 10.1. The molecule has 0 fully saturated rings. The molecule has 2 N–H and O–H groups in total. The van der Waals surface area contributed by atoms with E-state index in [0.717, 1.165) is 24.5 Å². The van der Waals surface area contributed by atoms with Crippen LogP contribution >= 0.6 is 0 Å². The molecule has 0 aromatic heterocycles. The molecule has 1 aliphatic heterocycles. The standard InChI is InChI=1S/C15H22N4O2/c1-4-19(10-14(20)18(2)3)15(21)11-5-6-12-13(9-11)17-8-7-16-12/h5-6,9,16-17H,4,7-8,10H2,1-3H3. The van der Waals surface area contributed by atoms with E-state index in [0.29, 0.717) is 12.1 Å². The number of nitrogens with one attached hydrogen (secondary N) is 2. The summed E-state index contributed by atoms with van der Waals surface area (Å²) in [5.41, 5.74) is 2.53. The second kappa shape index (κ2) is 6.47. The Labute approximate surface area is 125 Å². The first-order valence-electron chi connectivity index (χ1n) is 7.14. The molecule has 2 rings (SSSR count). The van der Waals surface area contributed by atoms with Gasteiger partial charge in [0, 0.05) is 39.3 Å². The third-order valence-corrected chi connectivity index (χ3v) is 3.52. The number of benzene rings is 1. The number of rotatable bonds is 4.